The SMILES string of the molecule is CC(C(=O)O)N1CCC2(CCC1=O)NC(=O)c1cccnc1N2. The van der Waals surface area contributed by atoms with Crippen LogP contribution in [0.1, 0.15) is 36.5 Å². The molecule has 0 radical (unpaired) electrons. The van der Waals surface area contributed by atoms with Crippen molar-refractivity contribution in [3.63, 3.8) is 0 Å². The summed E-state index contributed by atoms with van der Waals surface area (Å²) in [6.07, 6.45) is 2.56. The number of carbonyl (C=O) groups excluding carboxylic acids is 2. The van der Waals surface area contributed by atoms with Crippen LogP contribution in [0.15, 0.2) is 18.3 Å². The number of likely N-dealkylation sites (tertiary alicyclic amines) is 1. The minimum atomic E-state index is -1.04. The van der Waals surface area contributed by atoms with E-state index in [0.717, 1.165) is 0 Å². The number of amides is 2. The number of hydrogen-bond donors (Lipinski definition) is 3. The Balaban J connectivity index is 1.84. The molecule has 2 unspecified atom stereocenters. The standard InChI is InChI=1S/C15H18N4O4/c1-9(14(22)23)19-8-6-15(5-4-11(19)20)17-12-10(13(21)18-15)3-2-7-16-12/h2-3,7,9H,4-6,8H2,1H3,(H,16,17)(H,18,21)(H,22,23). The summed E-state index contributed by atoms with van der Waals surface area (Å²) in [7, 11) is 0. The number of hydrogen-bond acceptors (Lipinski definition) is 5. The number of fused-ring (bicyclic) bond motifs is 1. The first-order chi connectivity index (χ1) is 10.9. The Morgan fingerprint density at radius 1 is 1.39 bits per heavy atom. The molecular formula is C15H18N4O4. The number of carbonyl (C=O) groups is 3. The van der Waals surface area contributed by atoms with Crippen molar-refractivity contribution in [1.82, 2.24) is 15.2 Å². The van der Waals surface area contributed by atoms with Crippen LogP contribution in [-0.2, 0) is 9.59 Å². The average Bonchev–Trinajstić information content (AvgIpc) is 2.67. The van der Waals surface area contributed by atoms with Gasteiger partial charge in [-0.2, -0.15) is 0 Å². The van der Waals surface area contributed by atoms with E-state index >= 15 is 0 Å². The van der Waals surface area contributed by atoms with Crippen molar-refractivity contribution in [2.45, 2.75) is 37.9 Å². The van der Waals surface area contributed by atoms with Gasteiger partial charge in [-0.3, -0.25) is 9.59 Å². The Kier molecular flexibility index (Phi) is 3.67. The number of nitrogens with one attached hydrogen (secondary N) is 2. The second-order valence-electron chi connectivity index (χ2n) is 5.91. The molecule has 3 rings (SSSR count). The smallest absolute Gasteiger partial charge is 0.326 e. The van der Waals surface area contributed by atoms with Crippen LogP contribution in [0.3, 0.4) is 0 Å². The van der Waals surface area contributed by atoms with Gasteiger partial charge in [-0.15, -0.1) is 0 Å². The van der Waals surface area contributed by atoms with Gasteiger partial charge in [0, 0.05) is 25.6 Å². The second-order valence-corrected chi connectivity index (χ2v) is 5.91. The lowest BCUT2D eigenvalue weighted by Gasteiger charge is -2.39. The molecule has 0 aromatic carbocycles. The van der Waals surface area contributed by atoms with Crippen molar-refractivity contribution >= 4 is 23.6 Å². The van der Waals surface area contributed by atoms with Crippen LogP contribution < -0.4 is 10.6 Å². The average molecular weight is 318 g/mol. The molecule has 2 amide bonds. The molecule has 1 spiro atoms. The van der Waals surface area contributed by atoms with Gasteiger partial charge in [0.05, 0.1) is 5.56 Å². The van der Waals surface area contributed by atoms with Crippen LogP contribution in [0, 0.1) is 0 Å². The minimum absolute atomic E-state index is 0.160. The van der Waals surface area contributed by atoms with Crippen LogP contribution in [0.5, 0.6) is 0 Å². The lowest BCUT2D eigenvalue weighted by Crippen LogP contribution is -2.58. The molecule has 0 bridgehead atoms. The number of anilines is 1. The highest BCUT2D eigenvalue weighted by molar-refractivity contribution is 6.01. The van der Waals surface area contributed by atoms with Crippen molar-refractivity contribution in [1.29, 1.82) is 0 Å². The Bertz CT molecular complexity index is 677. The van der Waals surface area contributed by atoms with Gasteiger partial charge in [-0.1, -0.05) is 0 Å². The maximum absolute atomic E-state index is 12.3. The molecule has 8 nitrogen and oxygen atoms in total. The third-order valence-electron chi connectivity index (χ3n) is 4.45. The highest BCUT2D eigenvalue weighted by Gasteiger charge is 2.42. The van der Waals surface area contributed by atoms with Crippen molar-refractivity contribution < 1.29 is 19.5 Å². The summed E-state index contributed by atoms with van der Waals surface area (Å²) in [5.41, 5.74) is -0.314. The molecule has 122 valence electrons. The maximum Gasteiger partial charge on any atom is 0.326 e. The van der Waals surface area contributed by atoms with Crippen LogP contribution in [0.25, 0.3) is 0 Å². The zero-order valence-electron chi connectivity index (χ0n) is 12.7. The van der Waals surface area contributed by atoms with Gasteiger partial charge in [0.15, 0.2) is 0 Å². The molecule has 1 aromatic heterocycles. The number of carboxylic acids is 1. The molecular weight excluding hydrogens is 300 g/mol. The fraction of sp³-hybridized carbons (Fsp3) is 0.467. The van der Waals surface area contributed by atoms with Gasteiger partial charge in [0.2, 0.25) is 5.91 Å². The van der Waals surface area contributed by atoms with E-state index in [1.54, 1.807) is 18.3 Å². The van der Waals surface area contributed by atoms with Crippen molar-refractivity contribution in [2.75, 3.05) is 11.9 Å². The summed E-state index contributed by atoms with van der Waals surface area (Å²) in [5.74, 6) is -1.01. The summed E-state index contributed by atoms with van der Waals surface area (Å²) in [6, 6.07) is 2.48. The zero-order chi connectivity index (χ0) is 16.6. The molecule has 2 aliphatic rings. The Labute approximate surface area is 132 Å². The number of rotatable bonds is 2. The molecule has 1 fully saturated rings. The van der Waals surface area contributed by atoms with Crippen LogP contribution in [0.4, 0.5) is 5.82 Å². The number of carboxylic acid groups (broad SMARTS) is 1. The fourth-order valence-corrected chi connectivity index (χ4v) is 3.05. The van der Waals surface area contributed by atoms with Crippen molar-refractivity contribution in [2.24, 2.45) is 0 Å². The normalized spacial score (nSPS) is 25.2. The molecule has 23 heavy (non-hydrogen) atoms. The van der Waals surface area contributed by atoms with E-state index in [4.69, 9.17) is 5.11 Å². The molecule has 2 aliphatic heterocycles. The summed E-state index contributed by atoms with van der Waals surface area (Å²) in [4.78, 5) is 41.2. The van der Waals surface area contributed by atoms with Crippen LogP contribution in [0.2, 0.25) is 0 Å². The molecule has 2 atom stereocenters. The molecule has 1 saturated heterocycles. The van der Waals surface area contributed by atoms with Gasteiger partial charge in [0.1, 0.15) is 17.5 Å². The predicted molar refractivity (Wildman–Crippen MR) is 80.7 cm³/mol. The number of nitrogens with zero attached hydrogens (tertiary/aromatic N) is 2. The highest BCUT2D eigenvalue weighted by atomic mass is 16.4. The Morgan fingerprint density at radius 2 is 2.17 bits per heavy atom. The maximum atomic E-state index is 12.3. The molecule has 0 aliphatic carbocycles. The van der Waals surface area contributed by atoms with E-state index in [1.807, 2.05) is 0 Å². The van der Waals surface area contributed by atoms with Gasteiger partial charge in [0.25, 0.3) is 5.91 Å². The molecule has 3 N–H and O–H groups in total. The van der Waals surface area contributed by atoms with E-state index in [-0.39, 0.29) is 24.8 Å². The lowest BCUT2D eigenvalue weighted by molar-refractivity contribution is -0.149. The molecule has 8 heteroatoms. The van der Waals surface area contributed by atoms with Gasteiger partial charge in [-0.05, 0) is 25.5 Å². The summed E-state index contributed by atoms with van der Waals surface area (Å²) < 4.78 is 0. The summed E-state index contributed by atoms with van der Waals surface area (Å²) in [5, 5.41) is 15.3. The van der Waals surface area contributed by atoms with Crippen LogP contribution in [-0.4, -0.2) is 51.0 Å². The van der Waals surface area contributed by atoms with E-state index in [0.29, 0.717) is 24.2 Å². The van der Waals surface area contributed by atoms with E-state index in [2.05, 4.69) is 15.6 Å². The quantitative estimate of drug-likeness (QED) is 0.728. The minimum Gasteiger partial charge on any atom is -0.480 e. The monoisotopic (exact) mass is 318 g/mol. The van der Waals surface area contributed by atoms with Gasteiger partial charge >= 0.3 is 5.97 Å². The summed E-state index contributed by atoms with van der Waals surface area (Å²) in [6.45, 7) is 1.74. The first-order valence-corrected chi connectivity index (χ1v) is 7.50. The second kappa shape index (κ2) is 5.53. The number of pyridine rings is 1. The zero-order valence-corrected chi connectivity index (χ0v) is 12.7. The lowest BCUT2D eigenvalue weighted by atomic mass is 9.97. The topological polar surface area (TPSA) is 112 Å². The Morgan fingerprint density at radius 3 is 2.91 bits per heavy atom. The molecule has 1 aromatic rings. The first-order valence-electron chi connectivity index (χ1n) is 7.50. The number of aromatic nitrogens is 1. The van der Waals surface area contributed by atoms with E-state index in [1.165, 1.54) is 11.8 Å². The third-order valence-corrected chi connectivity index (χ3v) is 4.45. The highest BCUT2D eigenvalue weighted by Crippen LogP contribution is 2.30. The third kappa shape index (κ3) is 2.71. The van der Waals surface area contributed by atoms with Crippen LogP contribution >= 0.6 is 0 Å². The molecule has 0 saturated carbocycles. The van der Waals surface area contributed by atoms with Crippen molar-refractivity contribution in [3.8, 4) is 0 Å². The number of aliphatic carboxylic acids is 1. The molecule has 3 heterocycles. The van der Waals surface area contributed by atoms with Gasteiger partial charge in [-0.25, -0.2) is 9.78 Å². The van der Waals surface area contributed by atoms with E-state index < -0.39 is 17.7 Å². The van der Waals surface area contributed by atoms with Gasteiger partial charge < -0.3 is 20.6 Å². The fourth-order valence-electron chi connectivity index (χ4n) is 3.05. The summed E-state index contributed by atoms with van der Waals surface area (Å²) >= 11 is 0. The van der Waals surface area contributed by atoms with E-state index in [9.17, 15) is 14.4 Å². The largest absolute Gasteiger partial charge is 0.480 e. The first kappa shape index (κ1) is 15.3. The Hall–Kier alpha value is -2.64. The predicted octanol–water partition coefficient (Wildman–Crippen LogP) is 0.419. The van der Waals surface area contributed by atoms with Crippen molar-refractivity contribution in [3.05, 3.63) is 23.9 Å².